The van der Waals surface area contributed by atoms with Crippen molar-refractivity contribution in [1.82, 2.24) is 25.1 Å². The molecule has 1 aromatic heterocycles. The Morgan fingerprint density at radius 2 is 1.77 bits per heavy atom. The Hall–Kier alpha value is -3.26. The zero-order valence-corrected chi connectivity index (χ0v) is 17.6. The fourth-order valence-electron chi connectivity index (χ4n) is 3.73. The minimum atomic E-state index is -0.141. The summed E-state index contributed by atoms with van der Waals surface area (Å²) < 4.78 is 1.58. The highest BCUT2D eigenvalue weighted by atomic mass is 16.1. The molecule has 1 amide bonds. The van der Waals surface area contributed by atoms with Crippen LogP contribution < -0.4 is 10.2 Å². The Kier molecular flexibility index (Phi) is 5.76. The molecule has 0 spiro atoms. The Morgan fingerprint density at radius 1 is 1.03 bits per heavy atom. The van der Waals surface area contributed by atoms with E-state index < -0.39 is 0 Å². The van der Waals surface area contributed by atoms with Gasteiger partial charge in [-0.25, -0.2) is 4.68 Å². The highest BCUT2D eigenvalue weighted by Crippen LogP contribution is 2.21. The van der Waals surface area contributed by atoms with E-state index in [0.29, 0.717) is 17.3 Å². The number of amides is 1. The third kappa shape index (κ3) is 4.33. The fourth-order valence-corrected chi connectivity index (χ4v) is 3.73. The number of aromatic nitrogens is 4. The number of aryl methyl sites for hydroxylation is 1. The summed E-state index contributed by atoms with van der Waals surface area (Å²) in [4.78, 5) is 17.6. The van der Waals surface area contributed by atoms with E-state index in [-0.39, 0.29) is 5.91 Å². The highest BCUT2D eigenvalue weighted by molar-refractivity contribution is 6.04. The summed E-state index contributed by atoms with van der Waals surface area (Å²) >= 11 is 0. The van der Waals surface area contributed by atoms with Crippen molar-refractivity contribution < 1.29 is 4.79 Å². The standard InChI is InChI=1S/C22H27N7O/c1-16(2)27-10-12-28(13-11-27)20-8-5-18(6-9-20)22(30)24-19-7-4-17(3)21(14-19)29-15-23-25-26-29/h4-9,14-16H,10-13H2,1-3H3,(H,24,30). The number of carbonyl (C=O) groups is 1. The number of hydrogen-bond acceptors (Lipinski definition) is 6. The summed E-state index contributed by atoms with van der Waals surface area (Å²) in [5.41, 5.74) is 4.33. The van der Waals surface area contributed by atoms with Gasteiger partial charge in [-0.2, -0.15) is 0 Å². The van der Waals surface area contributed by atoms with Crippen LogP contribution in [0.3, 0.4) is 0 Å². The molecule has 2 aromatic carbocycles. The van der Waals surface area contributed by atoms with E-state index in [1.165, 1.54) is 6.33 Å². The minimum Gasteiger partial charge on any atom is -0.369 e. The Morgan fingerprint density at radius 3 is 2.40 bits per heavy atom. The lowest BCUT2D eigenvalue weighted by Crippen LogP contribution is -2.48. The number of piperazine rings is 1. The molecule has 0 aliphatic carbocycles. The van der Waals surface area contributed by atoms with Crippen molar-refractivity contribution in [3.05, 3.63) is 59.9 Å². The van der Waals surface area contributed by atoms with Gasteiger partial charge in [-0.05, 0) is 73.2 Å². The molecule has 0 radical (unpaired) electrons. The van der Waals surface area contributed by atoms with Crippen LogP contribution in [0.2, 0.25) is 0 Å². The van der Waals surface area contributed by atoms with Gasteiger partial charge in [0.25, 0.3) is 5.91 Å². The van der Waals surface area contributed by atoms with Gasteiger partial charge in [-0.1, -0.05) is 6.07 Å². The lowest BCUT2D eigenvalue weighted by atomic mass is 10.1. The van der Waals surface area contributed by atoms with Gasteiger partial charge in [0.15, 0.2) is 0 Å². The summed E-state index contributed by atoms with van der Waals surface area (Å²) in [7, 11) is 0. The number of tetrazole rings is 1. The number of nitrogens with zero attached hydrogens (tertiary/aromatic N) is 6. The molecule has 0 unspecified atom stereocenters. The fraction of sp³-hybridized carbons (Fsp3) is 0.364. The predicted molar refractivity (Wildman–Crippen MR) is 117 cm³/mol. The molecular weight excluding hydrogens is 378 g/mol. The molecule has 1 fully saturated rings. The quantitative estimate of drug-likeness (QED) is 0.703. The van der Waals surface area contributed by atoms with E-state index in [9.17, 15) is 4.79 Å². The van der Waals surface area contributed by atoms with E-state index in [2.05, 4.69) is 44.5 Å². The Balaban J connectivity index is 1.42. The molecule has 1 aliphatic rings. The molecule has 3 aromatic rings. The summed E-state index contributed by atoms with van der Waals surface area (Å²) in [5, 5.41) is 14.2. The highest BCUT2D eigenvalue weighted by Gasteiger charge is 2.19. The van der Waals surface area contributed by atoms with Gasteiger partial charge in [0.1, 0.15) is 6.33 Å². The molecule has 156 valence electrons. The van der Waals surface area contributed by atoms with E-state index in [1.54, 1.807) is 4.68 Å². The van der Waals surface area contributed by atoms with Crippen LogP contribution in [0, 0.1) is 6.92 Å². The van der Waals surface area contributed by atoms with Crippen LogP contribution in [0.15, 0.2) is 48.8 Å². The molecule has 0 saturated carbocycles. The van der Waals surface area contributed by atoms with Gasteiger partial charge in [0.05, 0.1) is 5.69 Å². The summed E-state index contributed by atoms with van der Waals surface area (Å²) in [6.45, 7) is 10.6. The molecule has 1 aliphatic heterocycles. The molecule has 0 bridgehead atoms. The van der Waals surface area contributed by atoms with Gasteiger partial charge in [-0.3, -0.25) is 9.69 Å². The first-order valence-electron chi connectivity index (χ1n) is 10.3. The molecule has 2 heterocycles. The molecule has 1 saturated heterocycles. The SMILES string of the molecule is Cc1ccc(NC(=O)c2ccc(N3CCN(C(C)C)CC3)cc2)cc1-n1cnnn1. The number of benzene rings is 2. The van der Waals surface area contributed by atoms with E-state index in [0.717, 1.165) is 43.1 Å². The zero-order chi connectivity index (χ0) is 21.1. The number of nitrogens with one attached hydrogen (secondary N) is 1. The van der Waals surface area contributed by atoms with Crippen LogP contribution in [0.1, 0.15) is 29.8 Å². The van der Waals surface area contributed by atoms with Crippen LogP contribution in [-0.4, -0.2) is 63.2 Å². The van der Waals surface area contributed by atoms with Crippen molar-refractivity contribution in [3.63, 3.8) is 0 Å². The average Bonchev–Trinajstić information content (AvgIpc) is 3.30. The largest absolute Gasteiger partial charge is 0.369 e. The van der Waals surface area contributed by atoms with Crippen molar-refractivity contribution in [2.45, 2.75) is 26.8 Å². The normalized spacial score (nSPS) is 14.9. The van der Waals surface area contributed by atoms with E-state index in [1.807, 2.05) is 49.4 Å². The monoisotopic (exact) mass is 405 g/mol. The van der Waals surface area contributed by atoms with Crippen LogP contribution in [0.4, 0.5) is 11.4 Å². The maximum Gasteiger partial charge on any atom is 0.255 e. The second kappa shape index (κ2) is 8.62. The van der Waals surface area contributed by atoms with Crippen LogP contribution in [0.5, 0.6) is 0 Å². The van der Waals surface area contributed by atoms with Crippen molar-refractivity contribution in [1.29, 1.82) is 0 Å². The number of hydrogen-bond donors (Lipinski definition) is 1. The smallest absolute Gasteiger partial charge is 0.255 e. The molecule has 0 atom stereocenters. The van der Waals surface area contributed by atoms with Gasteiger partial charge in [-0.15, -0.1) is 5.10 Å². The predicted octanol–water partition coefficient (Wildman–Crippen LogP) is 2.75. The minimum absolute atomic E-state index is 0.141. The molecule has 8 nitrogen and oxygen atoms in total. The van der Waals surface area contributed by atoms with Gasteiger partial charge < -0.3 is 10.2 Å². The topological polar surface area (TPSA) is 79.2 Å². The van der Waals surface area contributed by atoms with Crippen molar-refractivity contribution in [2.75, 3.05) is 36.4 Å². The molecule has 1 N–H and O–H groups in total. The Labute approximate surface area is 176 Å². The van der Waals surface area contributed by atoms with Crippen molar-refractivity contribution in [2.24, 2.45) is 0 Å². The molecule has 4 rings (SSSR count). The number of rotatable bonds is 5. The van der Waals surface area contributed by atoms with Gasteiger partial charge in [0.2, 0.25) is 0 Å². The maximum atomic E-state index is 12.7. The van der Waals surface area contributed by atoms with E-state index >= 15 is 0 Å². The van der Waals surface area contributed by atoms with Crippen LogP contribution in [0.25, 0.3) is 5.69 Å². The molecular formula is C22H27N7O. The second-order valence-corrected chi connectivity index (χ2v) is 7.87. The third-order valence-electron chi connectivity index (χ3n) is 5.60. The maximum absolute atomic E-state index is 12.7. The molecule has 30 heavy (non-hydrogen) atoms. The van der Waals surface area contributed by atoms with Gasteiger partial charge in [0, 0.05) is 49.2 Å². The first kappa shape index (κ1) is 20.0. The van der Waals surface area contributed by atoms with E-state index in [4.69, 9.17) is 0 Å². The Bertz CT molecular complexity index is 991. The van der Waals surface area contributed by atoms with Crippen LogP contribution >= 0.6 is 0 Å². The summed E-state index contributed by atoms with van der Waals surface area (Å²) in [6, 6.07) is 14.1. The lowest BCUT2D eigenvalue weighted by molar-refractivity contribution is 0.102. The van der Waals surface area contributed by atoms with Crippen molar-refractivity contribution >= 4 is 17.3 Å². The third-order valence-corrected chi connectivity index (χ3v) is 5.60. The first-order chi connectivity index (χ1) is 14.5. The number of anilines is 2. The lowest BCUT2D eigenvalue weighted by Gasteiger charge is -2.38. The second-order valence-electron chi connectivity index (χ2n) is 7.87. The first-order valence-corrected chi connectivity index (χ1v) is 10.3. The average molecular weight is 406 g/mol. The van der Waals surface area contributed by atoms with Crippen molar-refractivity contribution in [3.8, 4) is 5.69 Å². The number of carbonyl (C=O) groups excluding carboxylic acids is 1. The zero-order valence-electron chi connectivity index (χ0n) is 17.6. The molecule has 8 heteroatoms. The summed E-state index contributed by atoms with van der Waals surface area (Å²) in [5.74, 6) is -0.141. The van der Waals surface area contributed by atoms with Gasteiger partial charge >= 0.3 is 0 Å². The van der Waals surface area contributed by atoms with Crippen LogP contribution in [-0.2, 0) is 0 Å². The summed E-state index contributed by atoms with van der Waals surface area (Å²) in [6.07, 6.45) is 1.54.